The van der Waals surface area contributed by atoms with Crippen molar-refractivity contribution in [3.63, 3.8) is 0 Å². The van der Waals surface area contributed by atoms with Crippen LogP contribution < -0.4 is 5.32 Å². The highest BCUT2D eigenvalue weighted by atomic mass is 16.4. The molecular weight excluding hydrogens is 216 g/mol. The predicted molar refractivity (Wildman–Crippen MR) is 65.9 cm³/mol. The number of benzene rings is 1. The van der Waals surface area contributed by atoms with Gasteiger partial charge in [-0.15, -0.1) is 0 Å². The molecule has 1 fully saturated rings. The van der Waals surface area contributed by atoms with Gasteiger partial charge in [-0.1, -0.05) is 30.3 Å². The number of rotatable bonds is 4. The number of nitrogens with zero attached hydrogens (tertiary/aromatic N) is 1. The molecule has 1 aliphatic rings. The van der Waals surface area contributed by atoms with Crippen LogP contribution in [0.15, 0.2) is 30.3 Å². The first-order valence-corrected chi connectivity index (χ1v) is 5.99. The van der Waals surface area contributed by atoms with Crippen molar-refractivity contribution in [3.8, 4) is 0 Å². The Morgan fingerprint density at radius 1 is 1.41 bits per heavy atom. The molecule has 4 nitrogen and oxygen atoms in total. The van der Waals surface area contributed by atoms with Crippen molar-refractivity contribution in [2.75, 3.05) is 26.2 Å². The van der Waals surface area contributed by atoms with E-state index in [1.54, 1.807) is 0 Å². The summed E-state index contributed by atoms with van der Waals surface area (Å²) in [6.07, 6.45) is 0.212. The maximum Gasteiger partial charge on any atom is 0.304 e. The molecule has 0 aromatic heterocycles. The van der Waals surface area contributed by atoms with Crippen molar-refractivity contribution in [3.05, 3.63) is 35.9 Å². The van der Waals surface area contributed by atoms with E-state index in [0.29, 0.717) is 12.6 Å². The summed E-state index contributed by atoms with van der Waals surface area (Å²) < 4.78 is 0. The number of carboxylic acid groups (broad SMARTS) is 1. The molecule has 92 valence electrons. The molecule has 0 amide bonds. The fraction of sp³-hybridized carbons (Fsp3) is 0.462. The van der Waals surface area contributed by atoms with Gasteiger partial charge in [-0.05, 0) is 5.56 Å². The topological polar surface area (TPSA) is 52.6 Å². The maximum atomic E-state index is 10.6. The highest BCUT2D eigenvalue weighted by molar-refractivity contribution is 5.66. The molecule has 1 aromatic carbocycles. The summed E-state index contributed by atoms with van der Waals surface area (Å²) in [6.45, 7) is 3.36. The predicted octanol–water partition coefficient (Wildman–Crippen LogP) is 1.11. The van der Waals surface area contributed by atoms with Gasteiger partial charge in [0.05, 0.1) is 6.42 Å². The van der Waals surface area contributed by atoms with E-state index in [4.69, 9.17) is 5.11 Å². The normalized spacial score (nSPS) is 21.3. The van der Waals surface area contributed by atoms with Crippen LogP contribution in [0.1, 0.15) is 18.0 Å². The summed E-state index contributed by atoms with van der Waals surface area (Å²) in [5, 5.41) is 12.1. The van der Waals surface area contributed by atoms with Crippen molar-refractivity contribution in [1.29, 1.82) is 0 Å². The van der Waals surface area contributed by atoms with E-state index in [0.717, 1.165) is 19.6 Å². The second-order valence-electron chi connectivity index (χ2n) is 4.31. The number of hydrogen-bond donors (Lipinski definition) is 2. The average Bonchev–Trinajstić information content (AvgIpc) is 2.38. The molecule has 1 saturated heterocycles. The van der Waals surface area contributed by atoms with Crippen molar-refractivity contribution in [2.45, 2.75) is 12.5 Å². The first-order valence-electron chi connectivity index (χ1n) is 5.99. The zero-order valence-electron chi connectivity index (χ0n) is 9.80. The summed E-state index contributed by atoms with van der Waals surface area (Å²) in [5.74, 6) is -0.727. The first kappa shape index (κ1) is 12.1. The molecule has 0 saturated carbocycles. The molecule has 1 aliphatic heterocycles. The summed E-state index contributed by atoms with van der Waals surface area (Å²) >= 11 is 0. The standard InChI is InChI=1S/C13H18N2O2/c16-13(17)6-8-15-9-7-14-10-12(15)11-4-2-1-3-5-11/h1-5,12,14H,6-10H2,(H,16,17)/t12-/m0/s1. The van der Waals surface area contributed by atoms with Gasteiger partial charge in [-0.2, -0.15) is 0 Å². The summed E-state index contributed by atoms with van der Waals surface area (Å²) in [7, 11) is 0. The van der Waals surface area contributed by atoms with Crippen LogP contribution in [0.5, 0.6) is 0 Å². The molecule has 4 heteroatoms. The lowest BCUT2D eigenvalue weighted by molar-refractivity contribution is -0.137. The molecule has 0 unspecified atom stereocenters. The lowest BCUT2D eigenvalue weighted by Crippen LogP contribution is -2.46. The van der Waals surface area contributed by atoms with Gasteiger partial charge in [0, 0.05) is 32.2 Å². The van der Waals surface area contributed by atoms with Gasteiger partial charge in [0.15, 0.2) is 0 Å². The van der Waals surface area contributed by atoms with Crippen LogP contribution >= 0.6 is 0 Å². The molecule has 0 radical (unpaired) electrons. The van der Waals surface area contributed by atoms with Gasteiger partial charge in [-0.3, -0.25) is 9.69 Å². The number of aliphatic carboxylic acids is 1. The minimum Gasteiger partial charge on any atom is -0.481 e. The Kier molecular flexibility index (Phi) is 4.12. The quantitative estimate of drug-likeness (QED) is 0.819. The van der Waals surface area contributed by atoms with Crippen LogP contribution in [-0.4, -0.2) is 42.2 Å². The number of carbonyl (C=O) groups is 1. The minimum atomic E-state index is -0.727. The van der Waals surface area contributed by atoms with Crippen LogP contribution in [0.3, 0.4) is 0 Å². The van der Waals surface area contributed by atoms with Crippen molar-refractivity contribution in [1.82, 2.24) is 10.2 Å². The van der Waals surface area contributed by atoms with Crippen molar-refractivity contribution in [2.24, 2.45) is 0 Å². The van der Waals surface area contributed by atoms with Gasteiger partial charge in [0.25, 0.3) is 0 Å². The Balaban J connectivity index is 2.04. The van der Waals surface area contributed by atoms with E-state index in [9.17, 15) is 4.79 Å². The van der Waals surface area contributed by atoms with Crippen molar-refractivity contribution >= 4 is 5.97 Å². The Morgan fingerprint density at radius 3 is 2.88 bits per heavy atom. The van der Waals surface area contributed by atoms with E-state index in [-0.39, 0.29) is 6.42 Å². The minimum absolute atomic E-state index is 0.212. The third-order valence-corrected chi connectivity index (χ3v) is 3.15. The highest BCUT2D eigenvalue weighted by Crippen LogP contribution is 2.21. The van der Waals surface area contributed by atoms with Gasteiger partial charge in [0.1, 0.15) is 0 Å². The second kappa shape index (κ2) is 5.80. The van der Waals surface area contributed by atoms with E-state index in [1.165, 1.54) is 5.56 Å². The Bertz CT molecular complexity index is 367. The fourth-order valence-electron chi connectivity index (χ4n) is 2.26. The zero-order chi connectivity index (χ0) is 12.1. The summed E-state index contributed by atoms with van der Waals surface area (Å²) in [4.78, 5) is 12.9. The van der Waals surface area contributed by atoms with E-state index in [1.807, 2.05) is 18.2 Å². The highest BCUT2D eigenvalue weighted by Gasteiger charge is 2.23. The van der Waals surface area contributed by atoms with Crippen LogP contribution in [0.2, 0.25) is 0 Å². The smallest absolute Gasteiger partial charge is 0.304 e. The zero-order valence-corrected chi connectivity index (χ0v) is 9.80. The van der Waals surface area contributed by atoms with Crippen LogP contribution in [0.25, 0.3) is 0 Å². The van der Waals surface area contributed by atoms with Gasteiger partial charge in [0.2, 0.25) is 0 Å². The second-order valence-corrected chi connectivity index (χ2v) is 4.31. The molecule has 0 bridgehead atoms. The third kappa shape index (κ3) is 3.28. The van der Waals surface area contributed by atoms with Gasteiger partial charge >= 0.3 is 5.97 Å². The summed E-state index contributed by atoms with van der Waals surface area (Å²) in [5.41, 5.74) is 1.25. The molecule has 0 aliphatic carbocycles. The fourth-order valence-corrected chi connectivity index (χ4v) is 2.26. The number of piperazine rings is 1. The third-order valence-electron chi connectivity index (χ3n) is 3.15. The molecule has 1 heterocycles. The maximum absolute atomic E-state index is 10.6. The van der Waals surface area contributed by atoms with Gasteiger partial charge in [-0.25, -0.2) is 0 Å². The van der Waals surface area contributed by atoms with Gasteiger partial charge < -0.3 is 10.4 Å². The van der Waals surface area contributed by atoms with E-state index >= 15 is 0 Å². The molecule has 2 rings (SSSR count). The molecule has 1 atom stereocenters. The first-order chi connectivity index (χ1) is 8.27. The SMILES string of the molecule is O=C(O)CCN1CCNC[C@H]1c1ccccc1. The lowest BCUT2D eigenvalue weighted by Gasteiger charge is -2.36. The van der Waals surface area contributed by atoms with Crippen molar-refractivity contribution < 1.29 is 9.90 Å². The Morgan fingerprint density at radius 2 is 2.18 bits per heavy atom. The van der Waals surface area contributed by atoms with Crippen LogP contribution in [0.4, 0.5) is 0 Å². The van der Waals surface area contributed by atoms with E-state index < -0.39 is 5.97 Å². The Labute approximate surface area is 101 Å². The number of hydrogen-bond acceptors (Lipinski definition) is 3. The van der Waals surface area contributed by atoms with Crippen LogP contribution in [0, 0.1) is 0 Å². The molecule has 0 spiro atoms. The van der Waals surface area contributed by atoms with E-state index in [2.05, 4.69) is 22.3 Å². The number of nitrogens with one attached hydrogen (secondary N) is 1. The molecule has 17 heavy (non-hydrogen) atoms. The largest absolute Gasteiger partial charge is 0.481 e. The number of carboxylic acids is 1. The Hall–Kier alpha value is -1.39. The molecule has 1 aromatic rings. The lowest BCUT2D eigenvalue weighted by atomic mass is 10.0. The monoisotopic (exact) mass is 234 g/mol. The molecule has 2 N–H and O–H groups in total. The molecular formula is C13H18N2O2. The van der Waals surface area contributed by atoms with Crippen LogP contribution in [-0.2, 0) is 4.79 Å². The summed E-state index contributed by atoms with van der Waals surface area (Å²) in [6, 6.07) is 10.6. The average molecular weight is 234 g/mol.